The third kappa shape index (κ3) is 3.11. The van der Waals surface area contributed by atoms with Crippen molar-refractivity contribution < 1.29 is 4.79 Å². The van der Waals surface area contributed by atoms with Gasteiger partial charge >= 0.3 is 0 Å². The maximum atomic E-state index is 12.7. The summed E-state index contributed by atoms with van der Waals surface area (Å²) in [6.07, 6.45) is 1.51. The minimum atomic E-state index is -0.633. The Morgan fingerprint density at radius 3 is 2.57 bits per heavy atom. The highest BCUT2D eigenvalue weighted by molar-refractivity contribution is 5.98. The zero-order chi connectivity index (χ0) is 16.3. The maximum Gasteiger partial charge on any atom is 0.234 e. The summed E-state index contributed by atoms with van der Waals surface area (Å²) in [6.45, 7) is 3.81. The van der Waals surface area contributed by atoms with Crippen molar-refractivity contribution >= 4 is 11.6 Å². The third-order valence-electron chi connectivity index (χ3n) is 3.78. The van der Waals surface area contributed by atoms with E-state index < -0.39 is 5.41 Å². The molecule has 2 aromatic carbocycles. The molecule has 0 atom stereocenters. The Morgan fingerprint density at radius 2 is 1.87 bits per heavy atom. The molecule has 0 fully saturated rings. The summed E-state index contributed by atoms with van der Waals surface area (Å²) in [6, 6.07) is 17.1. The number of hydrogen-bond acceptors (Lipinski definition) is 4. The van der Waals surface area contributed by atoms with Gasteiger partial charge in [0.15, 0.2) is 0 Å². The number of nitrogens with one attached hydrogen (secondary N) is 1. The Kier molecular flexibility index (Phi) is 3.89. The second-order valence-electron chi connectivity index (χ2n) is 5.75. The number of amides is 1. The van der Waals surface area contributed by atoms with Gasteiger partial charge in [0.2, 0.25) is 5.91 Å². The highest BCUT2D eigenvalue weighted by Crippen LogP contribution is 2.25. The summed E-state index contributed by atoms with van der Waals surface area (Å²) >= 11 is 0. The molecule has 0 aliphatic rings. The number of rotatable bonds is 4. The molecule has 1 N–H and O–H groups in total. The van der Waals surface area contributed by atoms with Crippen LogP contribution in [0.1, 0.15) is 19.4 Å². The van der Waals surface area contributed by atoms with Gasteiger partial charge in [-0.15, -0.1) is 5.10 Å². The molecule has 0 bridgehead atoms. The van der Waals surface area contributed by atoms with Gasteiger partial charge in [0.25, 0.3) is 0 Å². The lowest BCUT2D eigenvalue weighted by Crippen LogP contribution is -2.34. The van der Waals surface area contributed by atoms with Crippen LogP contribution in [0, 0.1) is 0 Å². The summed E-state index contributed by atoms with van der Waals surface area (Å²) in [5, 5.41) is 14.0. The van der Waals surface area contributed by atoms with E-state index in [0.717, 1.165) is 11.3 Å². The van der Waals surface area contributed by atoms with E-state index in [4.69, 9.17) is 0 Å². The second-order valence-corrected chi connectivity index (χ2v) is 5.75. The van der Waals surface area contributed by atoms with Gasteiger partial charge in [0.1, 0.15) is 6.33 Å². The van der Waals surface area contributed by atoms with E-state index in [1.807, 2.05) is 68.4 Å². The van der Waals surface area contributed by atoms with E-state index in [2.05, 4.69) is 20.8 Å². The number of tetrazole rings is 1. The molecule has 0 saturated heterocycles. The summed E-state index contributed by atoms with van der Waals surface area (Å²) in [5.74, 6) is -0.0717. The lowest BCUT2D eigenvalue weighted by atomic mass is 9.83. The number of nitrogens with zero attached hydrogens (tertiary/aromatic N) is 4. The number of carbonyl (C=O) groups excluding carboxylic acids is 1. The average Bonchev–Trinajstić information content (AvgIpc) is 3.10. The molecule has 1 amide bonds. The molecule has 3 aromatic rings. The van der Waals surface area contributed by atoms with Crippen molar-refractivity contribution in [2.75, 3.05) is 5.32 Å². The van der Waals surface area contributed by atoms with Gasteiger partial charge < -0.3 is 5.32 Å². The monoisotopic (exact) mass is 307 g/mol. The molecule has 6 nitrogen and oxygen atoms in total. The topological polar surface area (TPSA) is 72.7 Å². The molecule has 0 aliphatic heterocycles. The molecule has 1 aromatic heterocycles. The Balaban J connectivity index is 1.82. The fourth-order valence-electron chi connectivity index (χ4n) is 2.28. The molecule has 0 saturated carbocycles. The predicted octanol–water partition coefficient (Wildman–Crippen LogP) is 2.58. The summed E-state index contributed by atoms with van der Waals surface area (Å²) in [5.41, 5.74) is 1.82. The van der Waals surface area contributed by atoms with E-state index in [1.165, 1.54) is 11.0 Å². The van der Waals surface area contributed by atoms with E-state index in [9.17, 15) is 4.79 Å². The maximum absolute atomic E-state index is 12.7. The van der Waals surface area contributed by atoms with Crippen LogP contribution < -0.4 is 5.32 Å². The Bertz CT molecular complexity index is 797. The average molecular weight is 307 g/mol. The van der Waals surface area contributed by atoms with Crippen molar-refractivity contribution in [1.29, 1.82) is 0 Å². The molecule has 1 heterocycles. The van der Waals surface area contributed by atoms with Crippen LogP contribution in [0.25, 0.3) is 5.69 Å². The number of anilines is 1. The first-order chi connectivity index (χ1) is 11.1. The molecule has 23 heavy (non-hydrogen) atoms. The third-order valence-corrected chi connectivity index (χ3v) is 3.78. The second kappa shape index (κ2) is 6.00. The van der Waals surface area contributed by atoms with Crippen molar-refractivity contribution in [2.24, 2.45) is 0 Å². The Hall–Kier alpha value is -3.02. The molecule has 0 radical (unpaired) electrons. The summed E-state index contributed by atoms with van der Waals surface area (Å²) < 4.78 is 1.54. The molecular formula is C17H17N5O. The standard InChI is InChI=1S/C17H17N5O/c1-17(2,13-7-4-3-5-8-13)16(23)19-14-9-6-10-15(11-14)22-12-18-20-21-22/h3-12H,1-2H3,(H,19,23). The van der Waals surface area contributed by atoms with Crippen LogP contribution in [0.3, 0.4) is 0 Å². The van der Waals surface area contributed by atoms with Crippen molar-refractivity contribution in [2.45, 2.75) is 19.3 Å². The van der Waals surface area contributed by atoms with Gasteiger partial charge in [-0.1, -0.05) is 36.4 Å². The normalized spacial score (nSPS) is 11.2. The van der Waals surface area contributed by atoms with Crippen LogP contribution >= 0.6 is 0 Å². The van der Waals surface area contributed by atoms with Crippen molar-refractivity contribution in [3.63, 3.8) is 0 Å². The van der Waals surface area contributed by atoms with Crippen LogP contribution in [0.15, 0.2) is 60.9 Å². The van der Waals surface area contributed by atoms with Gasteiger partial charge in [-0.05, 0) is 48.0 Å². The number of carbonyl (C=O) groups is 1. The predicted molar refractivity (Wildman–Crippen MR) is 87.3 cm³/mol. The van der Waals surface area contributed by atoms with E-state index in [1.54, 1.807) is 0 Å². The van der Waals surface area contributed by atoms with E-state index in [-0.39, 0.29) is 5.91 Å². The van der Waals surface area contributed by atoms with Crippen molar-refractivity contribution in [1.82, 2.24) is 20.2 Å². The van der Waals surface area contributed by atoms with Gasteiger partial charge in [-0.25, -0.2) is 4.68 Å². The molecule has 6 heteroatoms. The van der Waals surface area contributed by atoms with Crippen molar-refractivity contribution in [3.8, 4) is 5.69 Å². The largest absolute Gasteiger partial charge is 0.325 e. The minimum absolute atomic E-state index is 0.0717. The summed E-state index contributed by atoms with van der Waals surface area (Å²) in [7, 11) is 0. The molecule has 116 valence electrons. The minimum Gasteiger partial charge on any atom is -0.325 e. The van der Waals surface area contributed by atoms with Crippen LogP contribution in [-0.2, 0) is 10.2 Å². The molecule has 0 spiro atoms. The lowest BCUT2D eigenvalue weighted by molar-refractivity contribution is -0.120. The fraction of sp³-hybridized carbons (Fsp3) is 0.176. The van der Waals surface area contributed by atoms with Crippen LogP contribution in [0.5, 0.6) is 0 Å². The first kappa shape index (κ1) is 14.9. The molecular weight excluding hydrogens is 290 g/mol. The molecule has 0 aliphatic carbocycles. The fourth-order valence-corrected chi connectivity index (χ4v) is 2.28. The zero-order valence-corrected chi connectivity index (χ0v) is 13.0. The zero-order valence-electron chi connectivity index (χ0n) is 13.0. The molecule has 3 rings (SSSR count). The van der Waals surface area contributed by atoms with E-state index >= 15 is 0 Å². The lowest BCUT2D eigenvalue weighted by Gasteiger charge is -2.24. The number of aromatic nitrogens is 4. The Labute approximate surface area is 134 Å². The van der Waals surface area contributed by atoms with Gasteiger partial charge in [0, 0.05) is 5.69 Å². The van der Waals surface area contributed by atoms with Gasteiger partial charge in [0.05, 0.1) is 11.1 Å². The first-order valence-corrected chi connectivity index (χ1v) is 7.28. The van der Waals surface area contributed by atoms with Crippen molar-refractivity contribution in [3.05, 3.63) is 66.5 Å². The first-order valence-electron chi connectivity index (χ1n) is 7.28. The van der Waals surface area contributed by atoms with Crippen LogP contribution in [-0.4, -0.2) is 26.1 Å². The number of benzene rings is 2. The van der Waals surface area contributed by atoms with Crippen LogP contribution in [0.2, 0.25) is 0 Å². The van der Waals surface area contributed by atoms with Gasteiger partial charge in [-0.2, -0.15) is 0 Å². The SMILES string of the molecule is CC(C)(C(=O)Nc1cccc(-n2cnnn2)c1)c1ccccc1. The highest BCUT2D eigenvalue weighted by Gasteiger charge is 2.29. The number of hydrogen-bond donors (Lipinski definition) is 1. The van der Waals surface area contributed by atoms with Crippen LogP contribution in [0.4, 0.5) is 5.69 Å². The van der Waals surface area contributed by atoms with Gasteiger partial charge in [-0.3, -0.25) is 4.79 Å². The van der Waals surface area contributed by atoms with E-state index in [0.29, 0.717) is 5.69 Å². The summed E-state index contributed by atoms with van der Waals surface area (Å²) in [4.78, 5) is 12.7. The Morgan fingerprint density at radius 1 is 1.09 bits per heavy atom. The highest BCUT2D eigenvalue weighted by atomic mass is 16.2. The smallest absolute Gasteiger partial charge is 0.234 e. The molecule has 0 unspecified atom stereocenters. The quantitative estimate of drug-likeness (QED) is 0.804.